The van der Waals surface area contributed by atoms with Crippen LogP contribution in [0.15, 0.2) is 48.5 Å². The molecule has 4 heteroatoms. The van der Waals surface area contributed by atoms with Crippen molar-refractivity contribution in [3.05, 3.63) is 93.3 Å². The molecule has 0 radical (unpaired) electrons. The average molecular weight is 452 g/mol. The average Bonchev–Trinajstić information content (AvgIpc) is 3.36. The van der Waals surface area contributed by atoms with Crippen LogP contribution in [0, 0.1) is 41.5 Å². The Kier molecular flexibility index (Phi) is 5.55. The molecule has 4 aromatic rings. The minimum Gasteiger partial charge on any atom is -0.323 e. The fourth-order valence-corrected chi connectivity index (χ4v) is 5.59. The van der Waals surface area contributed by atoms with Gasteiger partial charge in [0.05, 0.1) is 11.0 Å². The topological polar surface area (TPSA) is 38.1 Å². The molecule has 1 aromatic heterocycles. The van der Waals surface area contributed by atoms with Crippen molar-refractivity contribution >= 4 is 22.6 Å². The molecule has 1 saturated heterocycles. The highest BCUT2D eigenvalue weighted by Crippen LogP contribution is 2.36. The number of benzene rings is 3. The zero-order valence-corrected chi connectivity index (χ0v) is 21.1. The van der Waals surface area contributed by atoms with Gasteiger partial charge in [-0.3, -0.25) is 4.79 Å². The van der Waals surface area contributed by atoms with Gasteiger partial charge in [-0.2, -0.15) is 0 Å². The highest BCUT2D eigenvalue weighted by atomic mass is 16.2. The molecule has 1 aliphatic heterocycles. The van der Waals surface area contributed by atoms with Gasteiger partial charge >= 0.3 is 0 Å². The van der Waals surface area contributed by atoms with Gasteiger partial charge in [0.1, 0.15) is 5.82 Å². The Morgan fingerprint density at radius 1 is 0.853 bits per heavy atom. The standard InChI is InChI=1S/C30H33N3O/c1-18-10-9-11-19(2)29(18)33-16-24(15-28(33)34)30-31-26-12-7-8-13-27(26)32(30)17-25-22(5)20(3)14-21(4)23(25)6/h7-14,24H,15-17H2,1-6H3. The number of hydrogen-bond donors (Lipinski definition) is 0. The van der Waals surface area contributed by atoms with Crippen LogP contribution in [0.3, 0.4) is 0 Å². The van der Waals surface area contributed by atoms with Crippen LogP contribution < -0.4 is 4.90 Å². The van der Waals surface area contributed by atoms with Crippen LogP contribution in [0.4, 0.5) is 5.69 Å². The summed E-state index contributed by atoms with van der Waals surface area (Å²) in [6.45, 7) is 14.4. The summed E-state index contributed by atoms with van der Waals surface area (Å²) in [5.41, 5.74) is 12.1. The van der Waals surface area contributed by atoms with Crippen molar-refractivity contribution in [1.29, 1.82) is 0 Å². The maximum atomic E-state index is 13.2. The minimum absolute atomic E-state index is 0.0606. The number of aryl methyl sites for hydroxylation is 4. The van der Waals surface area contributed by atoms with E-state index in [2.05, 4.69) is 88.6 Å². The molecule has 1 aliphatic rings. The minimum atomic E-state index is 0.0606. The first-order chi connectivity index (χ1) is 16.3. The van der Waals surface area contributed by atoms with Crippen molar-refractivity contribution in [2.24, 2.45) is 0 Å². The molecule has 34 heavy (non-hydrogen) atoms. The Hall–Kier alpha value is -3.40. The van der Waals surface area contributed by atoms with Crippen molar-refractivity contribution in [1.82, 2.24) is 9.55 Å². The molecular formula is C30H33N3O. The number of carbonyl (C=O) groups excluding carboxylic acids is 1. The number of carbonyl (C=O) groups is 1. The lowest BCUT2D eigenvalue weighted by atomic mass is 9.94. The van der Waals surface area contributed by atoms with Gasteiger partial charge in [0, 0.05) is 31.1 Å². The number of amides is 1. The first-order valence-electron chi connectivity index (χ1n) is 12.1. The van der Waals surface area contributed by atoms with Crippen LogP contribution >= 0.6 is 0 Å². The van der Waals surface area contributed by atoms with E-state index in [-0.39, 0.29) is 11.8 Å². The lowest BCUT2D eigenvalue weighted by Gasteiger charge is -2.22. The van der Waals surface area contributed by atoms with E-state index >= 15 is 0 Å². The van der Waals surface area contributed by atoms with Gasteiger partial charge in [-0.25, -0.2) is 4.98 Å². The first-order valence-corrected chi connectivity index (χ1v) is 12.1. The second kappa shape index (κ2) is 8.43. The molecule has 0 spiro atoms. The first kappa shape index (κ1) is 22.4. The van der Waals surface area contributed by atoms with Crippen LogP contribution in [0.25, 0.3) is 11.0 Å². The summed E-state index contributed by atoms with van der Waals surface area (Å²) < 4.78 is 2.36. The number of fused-ring (bicyclic) bond motifs is 1. The molecule has 0 N–H and O–H groups in total. The molecule has 1 fully saturated rings. The SMILES string of the molecule is Cc1cc(C)c(C)c(Cn2c(C3CC(=O)N(c4c(C)cccc4C)C3)nc3ccccc32)c1C. The summed E-state index contributed by atoms with van der Waals surface area (Å²) in [6, 6.07) is 16.9. The highest BCUT2D eigenvalue weighted by Gasteiger charge is 2.36. The fourth-order valence-electron chi connectivity index (χ4n) is 5.59. The number of para-hydroxylation sites is 3. The maximum absolute atomic E-state index is 13.2. The molecule has 1 unspecified atom stereocenters. The summed E-state index contributed by atoms with van der Waals surface area (Å²) >= 11 is 0. The van der Waals surface area contributed by atoms with Gasteiger partial charge in [-0.1, -0.05) is 36.4 Å². The van der Waals surface area contributed by atoms with E-state index in [1.807, 2.05) is 11.0 Å². The smallest absolute Gasteiger partial charge is 0.227 e. The molecular weight excluding hydrogens is 418 g/mol. The highest BCUT2D eigenvalue weighted by molar-refractivity contribution is 5.98. The molecule has 1 amide bonds. The maximum Gasteiger partial charge on any atom is 0.227 e. The molecule has 1 atom stereocenters. The third-order valence-corrected chi connectivity index (χ3v) is 7.72. The normalized spacial score (nSPS) is 16.1. The number of hydrogen-bond acceptors (Lipinski definition) is 2. The van der Waals surface area contributed by atoms with Gasteiger partial charge in [0.2, 0.25) is 5.91 Å². The molecule has 2 heterocycles. The molecule has 0 aliphatic carbocycles. The van der Waals surface area contributed by atoms with Gasteiger partial charge in [-0.15, -0.1) is 0 Å². The Balaban J connectivity index is 1.60. The van der Waals surface area contributed by atoms with Crippen molar-refractivity contribution in [2.75, 3.05) is 11.4 Å². The van der Waals surface area contributed by atoms with Crippen LogP contribution in [-0.4, -0.2) is 22.0 Å². The summed E-state index contributed by atoms with van der Waals surface area (Å²) in [5.74, 6) is 1.26. The van der Waals surface area contributed by atoms with E-state index in [1.165, 1.54) is 27.8 Å². The fraction of sp³-hybridized carbons (Fsp3) is 0.333. The lowest BCUT2D eigenvalue weighted by molar-refractivity contribution is -0.117. The van der Waals surface area contributed by atoms with Crippen molar-refractivity contribution in [3.8, 4) is 0 Å². The summed E-state index contributed by atoms with van der Waals surface area (Å²) in [5, 5.41) is 0. The van der Waals surface area contributed by atoms with Gasteiger partial charge in [0.15, 0.2) is 0 Å². The molecule has 3 aromatic carbocycles. The number of imidazole rings is 1. The molecule has 174 valence electrons. The lowest BCUT2D eigenvalue weighted by Crippen LogP contribution is -2.26. The zero-order chi connectivity index (χ0) is 24.1. The van der Waals surface area contributed by atoms with E-state index in [0.29, 0.717) is 13.0 Å². The Morgan fingerprint density at radius 3 is 2.18 bits per heavy atom. The van der Waals surface area contributed by atoms with Gasteiger partial charge < -0.3 is 9.47 Å². The van der Waals surface area contributed by atoms with Crippen LogP contribution in [-0.2, 0) is 11.3 Å². The quantitative estimate of drug-likeness (QED) is 0.357. The number of anilines is 1. The molecule has 5 rings (SSSR count). The Bertz CT molecular complexity index is 1380. The molecule has 0 saturated carbocycles. The monoisotopic (exact) mass is 451 g/mol. The third-order valence-electron chi connectivity index (χ3n) is 7.72. The number of nitrogens with zero attached hydrogens (tertiary/aromatic N) is 3. The van der Waals surface area contributed by atoms with E-state index in [4.69, 9.17) is 4.98 Å². The van der Waals surface area contributed by atoms with E-state index < -0.39 is 0 Å². The van der Waals surface area contributed by atoms with Gasteiger partial charge in [0.25, 0.3) is 0 Å². The van der Waals surface area contributed by atoms with E-state index in [1.54, 1.807) is 0 Å². The van der Waals surface area contributed by atoms with Crippen LogP contribution in [0.1, 0.15) is 57.1 Å². The van der Waals surface area contributed by atoms with Crippen molar-refractivity contribution in [3.63, 3.8) is 0 Å². The molecule has 4 nitrogen and oxygen atoms in total. The summed E-state index contributed by atoms with van der Waals surface area (Å²) in [6.07, 6.45) is 0.488. The second-order valence-corrected chi connectivity index (χ2v) is 9.93. The van der Waals surface area contributed by atoms with Crippen LogP contribution in [0.5, 0.6) is 0 Å². The largest absolute Gasteiger partial charge is 0.323 e. The number of rotatable bonds is 4. The number of aromatic nitrogens is 2. The van der Waals surface area contributed by atoms with Crippen molar-refractivity contribution < 1.29 is 4.79 Å². The zero-order valence-electron chi connectivity index (χ0n) is 21.1. The predicted octanol–water partition coefficient (Wildman–Crippen LogP) is 6.46. The Morgan fingerprint density at radius 2 is 1.50 bits per heavy atom. The summed E-state index contributed by atoms with van der Waals surface area (Å²) in [4.78, 5) is 20.3. The Labute approximate surface area is 202 Å². The summed E-state index contributed by atoms with van der Waals surface area (Å²) in [7, 11) is 0. The van der Waals surface area contributed by atoms with E-state index in [9.17, 15) is 4.79 Å². The molecule has 0 bridgehead atoms. The predicted molar refractivity (Wildman–Crippen MR) is 140 cm³/mol. The van der Waals surface area contributed by atoms with Crippen molar-refractivity contribution in [2.45, 2.75) is 60.4 Å². The van der Waals surface area contributed by atoms with E-state index in [0.717, 1.165) is 40.2 Å². The van der Waals surface area contributed by atoms with Gasteiger partial charge in [-0.05, 0) is 92.6 Å². The third kappa shape index (κ3) is 3.62. The second-order valence-electron chi connectivity index (χ2n) is 9.93. The van der Waals surface area contributed by atoms with Crippen LogP contribution in [0.2, 0.25) is 0 Å².